The third kappa shape index (κ3) is 3.94. The summed E-state index contributed by atoms with van der Waals surface area (Å²) in [6.45, 7) is 17.6. The molecule has 5 nitrogen and oxygen atoms in total. The molecule has 0 saturated carbocycles. The molecule has 2 aromatic rings. The Morgan fingerprint density at radius 1 is 1.00 bits per heavy atom. The van der Waals surface area contributed by atoms with Crippen molar-refractivity contribution in [3.8, 4) is 0 Å². The maximum absolute atomic E-state index is 5.28. The summed E-state index contributed by atoms with van der Waals surface area (Å²) in [7, 11) is 2.05. The van der Waals surface area contributed by atoms with Gasteiger partial charge in [0.05, 0.1) is 11.4 Å². The van der Waals surface area contributed by atoms with Crippen molar-refractivity contribution in [2.75, 3.05) is 11.9 Å². The first-order valence-electron chi connectivity index (χ1n) is 8.42. The zero-order valence-corrected chi connectivity index (χ0v) is 16.5. The minimum Gasteiger partial charge on any atom is -0.361 e. The molecule has 2 heterocycles. The third-order valence-electron chi connectivity index (χ3n) is 4.12. The molecule has 0 atom stereocenters. The SMILES string of the molecule is Cc1noc(C)c1CN(C)c1cc(C(C)(C)C)nc(C(C)(C)C)n1. The highest BCUT2D eigenvalue weighted by molar-refractivity contribution is 5.43. The van der Waals surface area contributed by atoms with Gasteiger partial charge in [0.1, 0.15) is 17.4 Å². The number of hydrogen-bond donors (Lipinski definition) is 0. The molecule has 0 fully saturated rings. The fourth-order valence-corrected chi connectivity index (χ4v) is 2.40. The van der Waals surface area contributed by atoms with Crippen molar-refractivity contribution in [1.82, 2.24) is 15.1 Å². The second kappa shape index (κ2) is 6.19. The Morgan fingerprint density at radius 3 is 2.08 bits per heavy atom. The van der Waals surface area contributed by atoms with E-state index in [1.165, 1.54) is 0 Å². The maximum atomic E-state index is 5.28. The fraction of sp³-hybridized carbons (Fsp3) is 0.632. The number of nitrogens with zero attached hydrogens (tertiary/aromatic N) is 4. The average Bonchev–Trinajstić information content (AvgIpc) is 2.76. The fourth-order valence-electron chi connectivity index (χ4n) is 2.40. The number of aromatic nitrogens is 3. The van der Waals surface area contributed by atoms with E-state index in [0.29, 0.717) is 6.54 Å². The summed E-state index contributed by atoms with van der Waals surface area (Å²) in [6, 6.07) is 2.09. The van der Waals surface area contributed by atoms with Crippen molar-refractivity contribution in [2.24, 2.45) is 0 Å². The number of aryl methyl sites for hydroxylation is 2. The van der Waals surface area contributed by atoms with Crippen LogP contribution in [0.2, 0.25) is 0 Å². The van der Waals surface area contributed by atoms with Crippen molar-refractivity contribution < 1.29 is 4.52 Å². The van der Waals surface area contributed by atoms with E-state index in [0.717, 1.165) is 34.4 Å². The first-order valence-corrected chi connectivity index (χ1v) is 8.42. The van der Waals surface area contributed by atoms with Gasteiger partial charge in [0, 0.05) is 36.1 Å². The summed E-state index contributed by atoms with van der Waals surface area (Å²) >= 11 is 0. The van der Waals surface area contributed by atoms with Gasteiger partial charge in [0.25, 0.3) is 0 Å². The lowest BCUT2D eigenvalue weighted by Gasteiger charge is -2.26. The van der Waals surface area contributed by atoms with E-state index < -0.39 is 0 Å². The van der Waals surface area contributed by atoms with Crippen LogP contribution in [-0.2, 0) is 17.4 Å². The average molecular weight is 330 g/mol. The van der Waals surface area contributed by atoms with Crippen LogP contribution in [0.4, 0.5) is 5.82 Å². The summed E-state index contributed by atoms with van der Waals surface area (Å²) < 4.78 is 5.28. The van der Waals surface area contributed by atoms with Gasteiger partial charge in [-0.25, -0.2) is 9.97 Å². The molecule has 0 unspecified atom stereocenters. The Balaban J connectivity index is 2.45. The van der Waals surface area contributed by atoms with Gasteiger partial charge < -0.3 is 9.42 Å². The van der Waals surface area contributed by atoms with Crippen molar-refractivity contribution in [1.29, 1.82) is 0 Å². The van der Waals surface area contributed by atoms with Crippen LogP contribution < -0.4 is 4.90 Å². The van der Waals surface area contributed by atoms with Crippen LogP contribution in [0, 0.1) is 13.8 Å². The molecule has 24 heavy (non-hydrogen) atoms. The highest BCUT2D eigenvalue weighted by atomic mass is 16.5. The number of hydrogen-bond acceptors (Lipinski definition) is 5. The summed E-state index contributed by atoms with van der Waals surface area (Å²) in [6.07, 6.45) is 0. The highest BCUT2D eigenvalue weighted by Crippen LogP contribution is 2.28. The molecule has 0 aliphatic carbocycles. The second-order valence-corrected chi connectivity index (χ2v) is 8.59. The van der Waals surface area contributed by atoms with Crippen molar-refractivity contribution in [2.45, 2.75) is 72.8 Å². The van der Waals surface area contributed by atoms with Crippen LogP contribution >= 0.6 is 0 Å². The van der Waals surface area contributed by atoms with Gasteiger partial charge >= 0.3 is 0 Å². The van der Waals surface area contributed by atoms with Crippen molar-refractivity contribution in [3.63, 3.8) is 0 Å². The van der Waals surface area contributed by atoms with Gasteiger partial charge in [-0.2, -0.15) is 0 Å². The molecule has 5 heteroatoms. The summed E-state index contributed by atoms with van der Waals surface area (Å²) in [5, 5.41) is 4.04. The van der Waals surface area contributed by atoms with Gasteiger partial charge in [-0.3, -0.25) is 0 Å². The van der Waals surface area contributed by atoms with Crippen LogP contribution in [0.1, 0.15) is 70.1 Å². The minimum absolute atomic E-state index is 0.0262. The predicted octanol–water partition coefficient (Wildman–Crippen LogP) is 4.31. The summed E-state index contributed by atoms with van der Waals surface area (Å²) in [5.74, 6) is 2.66. The van der Waals surface area contributed by atoms with Crippen molar-refractivity contribution in [3.05, 3.63) is 34.6 Å². The molecule has 0 N–H and O–H groups in total. The van der Waals surface area contributed by atoms with Crippen LogP contribution in [0.25, 0.3) is 0 Å². The molecular formula is C19H30N4O. The van der Waals surface area contributed by atoms with Crippen molar-refractivity contribution >= 4 is 5.82 Å². The lowest BCUT2D eigenvalue weighted by molar-refractivity contribution is 0.392. The van der Waals surface area contributed by atoms with Gasteiger partial charge in [0.2, 0.25) is 0 Å². The van der Waals surface area contributed by atoms with E-state index in [1.807, 2.05) is 20.9 Å². The molecule has 0 bridgehead atoms. The van der Waals surface area contributed by atoms with Gasteiger partial charge in [-0.1, -0.05) is 46.7 Å². The Morgan fingerprint density at radius 2 is 1.62 bits per heavy atom. The van der Waals surface area contributed by atoms with Crippen LogP contribution in [0.3, 0.4) is 0 Å². The first-order chi connectivity index (χ1) is 10.9. The third-order valence-corrected chi connectivity index (χ3v) is 4.12. The van der Waals surface area contributed by atoms with Crippen LogP contribution in [0.5, 0.6) is 0 Å². The molecular weight excluding hydrogens is 300 g/mol. The van der Waals surface area contributed by atoms with E-state index in [4.69, 9.17) is 14.5 Å². The zero-order chi connectivity index (χ0) is 18.3. The first kappa shape index (κ1) is 18.4. The molecule has 0 amide bonds. The standard InChI is InChI=1S/C19H30N4O/c1-12-14(13(2)24-22-12)11-23(9)16-10-15(18(3,4)5)20-17(21-16)19(6,7)8/h10H,11H2,1-9H3. The van der Waals surface area contributed by atoms with E-state index >= 15 is 0 Å². The second-order valence-electron chi connectivity index (χ2n) is 8.59. The number of anilines is 1. The normalized spacial score (nSPS) is 12.5. The minimum atomic E-state index is -0.0973. The Hall–Kier alpha value is -1.91. The topological polar surface area (TPSA) is 55.1 Å². The monoisotopic (exact) mass is 330 g/mol. The van der Waals surface area contributed by atoms with Crippen LogP contribution in [-0.4, -0.2) is 22.2 Å². The molecule has 2 aromatic heterocycles. The molecule has 2 rings (SSSR count). The summed E-state index contributed by atoms with van der Waals surface area (Å²) in [4.78, 5) is 11.8. The molecule has 0 aliphatic rings. The lowest BCUT2D eigenvalue weighted by Crippen LogP contribution is -2.26. The van der Waals surface area contributed by atoms with Crippen LogP contribution in [0.15, 0.2) is 10.6 Å². The number of rotatable bonds is 3. The smallest absolute Gasteiger partial charge is 0.138 e. The summed E-state index contributed by atoms with van der Waals surface area (Å²) in [5.41, 5.74) is 2.98. The quantitative estimate of drug-likeness (QED) is 0.839. The molecule has 0 aliphatic heterocycles. The lowest BCUT2D eigenvalue weighted by atomic mass is 9.90. The van der Waals surface area contributed by atoms with E-state index in [1.54, 1.807) is 0 Å². The van der Waals surface area contributed by atoms with Gasteiger partial charge in [-0.05, 0) is 13.8 Å². The van der Waals surface area contributed by atoms with Gasteiger partial charge in [0.15, 0.2) is 0 Å². The molecule has 0 spiro atoms. The Bertz CT molecular complexity index is 668. The van der Waals surface area contributed by atoms with Gasteiger partial charge in [-0.15, -0.1) is 0 Å². The molecule has 0 aromatic carbocycles. The Labute approximate surface area is 145 Å². The van der Waals surface area contributed by atoms with E-state index in [2.05, 4.69) is 57.7 Å². The predicted molar refractivity (Wildman–Crippen MR) is 97.5 cm³/mol. The largest absolute Gasteiger partial charge is 0.361 e. The Kier molecular flexibility index (Phi) is 4.75. The zero-order valence-electron chi connectivity index (χ0n) is 16.5. The van der Waals surface area contributed by atoms with E-state index in [9.17, 15) is 0 Å². The molecule has 0 radical (unpaired) electrons. The maximum Gasteiger partial charge on any atom is 0.138 e. The molecule has 0 saturated heterocycles. The van der Waals surface area contributed by atoms with E-state index in [-0.39, 0.29) is 10.8 Å². The molecule has 132 valence electrons. The highest BCUT2D eigenvalue weighted by Gasteiger charge is 2.25.